The number of aryl methyl sites for hydroxylation is 5. The van der Waals surface area contributed by atoms with Crippen molar-refractivity contribution in [3.8, 4) is 5.69 Å². The molecule has 2 aromatic carbocycles. The summed E-state index contributed by atoms with van der Waals surface area (Å²) in [5.41, 5.74) is 7.47. The Morgan fingerprint density at radius 2 is 1.40 bits per heavy atom. The Hall–Kier alpha value is -3.34. The second kappa shape index (κ2) is 8.57. The summed E-state index contributed by atoms with van der Waals surface area (Å²) in [6, 6.07) is 15.3. The van der Waals surface area contributed by atoms with Crippen LogP contribution in [0.25, 0.3) is 5.69 Å². The van der Waals surface area contributed by atoms with E-state index < -0.39 is 12.1 Å². The van der Waals surface area contributed by atoms with Crippen molar-refractivity contribution < 1.29 is 14.3 Å². The van der Waals surface area contributed by atoms with Gasteiger partial charge in [-0.3, -0.25) is 4.79 Å². The number of nitrogens with one attached hydrogen (secondary N) is 1. The highest BCUT2D eigenvalue weighted by Gasteiger charge is 2.20. The molecule has 0 bridgehead atoms. The van der Waals surface area contributed by atoms with E-state index in [0.717, 1.165) is 39.5 Å². The Morgan fingerprint density at radius 3 is 1.93 bits per heavy atom. The number of carbonyl (C=O) groups is 2. The predicted molar refractivity (Wildman–Crippen MR) is 119 cm³/mol. The molecule has 1 heterocycles. The molecule has 1 amide bonds. The predicted octanol–water partition coefficient (Wildman–Crippen LogP) is 5.20. The normalized spacial score (nSPS) is 11.8. The molecule has 1 N–H and O–H groups in total. The van der Waals surface area contributed by atoms with Crippen molar-refractivity contribution in [1.29, 1.82) is 0 Å². The molecular formula is C25H28N2O3. The maximum absolute atomic E-state index is 12.6. The van der Waals surface area contributed by atoms with E-state index in [-0.39, 0.29) is 5.91 Å². The summed E-state index contributed by atoms with van der Waals surface area (Å²) in [4.78, 5) is 25.1. The lowest BCUT2D eigenvalue weighted by Crippen LogP contribution is -2.30. The number of nitrogens with zero attached hydrogens (tertiary/aromatic N) is 1. The summed E-state index contributed by atoms with van der Waals surface area (Å²) in [7, 11) is 0. The highest BCUT2D eigenvalue weighted by molar-refractivity contribution is 5.98. The fourth-order valence-electron chi connectivity index (χ4n) is 3.71. The molecule has 1 aromatic heterocycles. The lowest BCUT2D eigenvalue weighted by atomic mass is 10.0. The second-order valence-corrected chi connectivity index (χ2v) is 7.81. The minimum atomic E-state index is -0.911. The first kappa shape index (κ1) is 21.4. The fraction of sp³-hybridized carbons (Fsp3) is 0.280. The van der Waals surface area contributed by atoms with Crippen molar-refractivity contribution >= 4 is 17.6 Å². The summed E-state index contributed by atoms with van der Waals surface area (Å²) < 4.78 is 7.50. The third-order valence-electron chi connectivity index (χ3n) is 5.21. The van der Waals surface area contributed by atoms with Gasteiger partial charge in [0.15, 0.2) is 6.10 Å². The van der Waals surface area contributed by atoms with Crippen LogP contribution in [-0.2, 0) is 9.53 Å². The summed E-state index contributed by atoms with van der Waals surface area (Å²) in [5.74, 6) is -0.879. The van der Waals surface area contributed by atoms with Crippen LogP contribution in [0.3, 0.4) is 0 Å². The smallest absolute Gasteiger partial charge is 0.338 e. The van der Waals surface area contributed by atoms with Gasteiger partial charge in [-0.1, -0.05) is 17.7 Å². The van der Waals surface area contributed by atoms with Gasteiger partial charge in [-0.25, -0.2) is 4.79 Å². The SMILES string of the molecule is Cc1cc(C)c(NC(=O)[C@H](C)OC(=O)c2ccc(-n3c(C)ccc3C)cc2)c(C)c1. The maximum atomic E-state index is 12.6. The number of benzene rings is 2. The molecule has 3 aromatic rings. The van der Waals surface area contributed by atoms with E-state index in [4.69, 9.17) is 4.74 Å². The number of aromatic nitrogens is 1. The zero-order valence-corrected chi connectivity index (χ0v) is 18.4. The molecule has 0 aliphatic heterocycles. The van der Waals surface area contributed by atoms with Gasteiger partial charge in [-0.2, -0.15) is 0 Å². The largest absolute Gasteiger partial charge is 0.449 e. The molecule has 3 rings (SSSR count). The van der Waals surface area contributed by atoms with Crippen molar-refractivity contribution in [2.24, 2.45) is 0 Å². The van der Waals surface area contributed by atoms with Gasteiger partial charge in [0, 0.05) is 22.8 Å². The first-order chi connectivity index (χ1) is 14.2. The van der Waals surface area contributed by atoms with Crippen LogP contribution < -0.4 is 5.32 Å². The lowest BCUT2D eigenvalue weighted by molar-refractivity contribution is -0.123. The van der Waals surface area contributed by atoms with Gasteiger partial charge in [0.2, 0.25) is 0 Å². The molecule has 156 valence electrons. The van der Waals surface area contributed by atoms with Crippen LogP contribution in [0.2, 0.25) is 0 Å². The molecular weight excluding hydrogens is 376 g/mol. The molecule has 0 saturated heterocycles. The van der Waals surface area contributed by atoms with Crippen LogP contribution in [0.1, 0.15) is 45.4 Å². The number of ether oxygens (including phenoxy) is 1. The monoisotopic (exact) mass is 404 g/mol. The molecule has 5 heteroatoms. The van der Waals surface area contributed by atoms with Crippen molar-refractivity contribution in [2.75, 3.05) is 5.32 Å². The van der Waals surface area contributed by atoms with Crippen LogP contribution in [0.15, 0.2) is 48.5 Å². The number of anilines is 1. The molecule has 0 aliphatic carbocycles. The first-order valence-electron chi connectivity index (χ1n) is 10.0. The summed E-state index contributed by atoms with van der Waals surface area (Å²) in [5, 5.41) is 2.88. The van der Waals surface area contributed by atoms with Gasteiger partial charge in [0.25, 0.3) is 5.91 Å². The molecule has 0 spiro atoms. The topological polar surface area (TPSA) is 60.3 Å². The molecule has 5 nitrogen and oxygen atoms in total. The Labute approximate surface area is 177 Å². The van der Waals surface area contributed by atoms with Gasteiger partial charge in [0.05, 0.1) is 5.56 Å². The number of hydrogen-bond donors (Lipinski definition) is 1. The third-order valence-corrected chi connectivity index (χ3v) is 5.21. The van der Waals surface area contributed by atoms with E-state index in [2.05, 4.69) is 22.0 Å². The fourth-order valence-corrected chi connectivity index (χ4v) is 3.71. The van der Waals surface area contributed by atoms with Gasteiger partial charge >= 0.3 is 5.97 Å². The highest BCUT2D eigenvalue weighted by Crippen LogP contribution is 2.22. The molecule has 0 saturated carbocycles. The van der Waals surface area contributed by atoms with Gasteiger partial charge in [-0.05, 0) is 89.1 Å². The van der Waals surface area contributed by atoms with Gasteiger partial charge in [-0.15, -0.1) is 0 Å². The van der Waals surface area contributed by atoms with Gasteiger partial charge in [0.1, 0.15) is 0 Å². The Balaban J connectivity index is 1.67. The van der Waals surface area contributed by atoms with E-state index in [1.807, 2.05) is 58.9 Å². The molecule has 0 fully saturated rings. The van der Waals surface area contributed by atoms with Crippen molar-refractivity contribution in [2.45, 2.75) is 47.6 Å². The highest BCUT2D eigenvalue weighted by atomic mass is 16.5. The Bertz CT molecular complexity index is 1050. The van der Waals surface area contributed by atoms with E-state index in [1.54, 1.807) is 19.1 Å². The van der Waals surface area contributed by atoms with Crippen molar-refractivity contribution in [1.82, 2.24) is 4.57 Å². The molecule has 0 radical (unpaired) electrons. The summed E-state index contributed by atoms with van der Waals surface area (Å²) >= 11 is 0. The van der Waals surface area contributed by atoms with Crippen molar-refractivity contribution in [3.63, 3.8) is 0 Å². The van der Waals surface area contributed by atoms with Crippen LogP contribution in [0.5, 0.6) is 0 Å². The van der Waals surface area contributed by atoms with Crippen LogP contribution in [0, 0.1) is 34.6 Å². The van der Waals surface area contributed by atoms with Crippen LogP contribution in [-0.4, -0.2) is 22.5 Å². The van der Waals surface area contributed by atoms with Gasteiger partial charge < -0.3 is 14.6 Å². The van der Waals surface area contributed by atoms with E-state index >= 15 is 0 Å². The van der Waals surface area contributed by atoms with E-state index in [9.17, 15) is 9.59 Å². The van der Waals surface area contributed by atoms with Crippen molar-refractivity contribution in [3.05, 3.63) is 82.2 Å². The number of esters is 1. The zero-order valence-electron chi connectivity index (χ0n) is 18.4. The average Bonchev–Trinajstić information content (AvgIpc) is 3.02. The van der Waals surface area contributed by atoms with E-state index in [1.165, 1.54) is 0 Å². The molecule has 30 heavy (non-hydrogen) atoms. The third kappa shape index (κ3) is 4.46. The first-order valence-corrected chi connectivity index (χ1v) is 10.0. The van der Waals surface area contributed by atoms with Crippen LogP contribution >= 0.6 is 0 Å². The average molecular weight is 405 g/mol. The quantitative estimate of drug-likeness (QED) is 0.594. The Kier molecular flexibility index (Phi) is 6.11. The maximum Gasteiger partial charge on any atom is 0.338 e. The minimum absolute atomic E-state index is 0.353. The molecule has 0 unspecified atom stereocenters. The number of hydrogen-bond acceptors (Lipinski definition) is 3. The molecule has 1 atom stereocenters. The van der Waals surface area contributed by atoms with Crippen LogP contribution in [0.4, 0.5) is 5.69 Å². The molecule has 0 aliphatic rings. The Morgan fingerprint density at radius 1 is 0.867 bits per heavy atom. The summed E-state index contributed by atoms with van der Waals surface area (Å²) in [6.07, 6.45) is -0.911. The standard InChI is InChI=1S/C25H28N2O3/c1-15-13-16(2)23(17(3)14-15)26-24(28)20(6)30-25(29)21-9-11-22(12-10-21)27-18(4)7-8-19(27)5/h7-14,20H,1-6H3,(H,26,28)/t20-/m0/s1. The second-order valence-electron chi connectivity index (χ2n) is 7.81. The number of rotatable bonds is 5. The number of carbonyl (C=O) groups excluding carboxylic acids is 2. The minimum Gasteiger partial charge on any atom is -0.449 e. The van der Waals surface area contributed by atoms with E-state index in [0.29, 0.717) is 5.56 Å². The lowest BCUT2D eigenvalue weighted by Gasteiger charge is -2.17. The summed E-state index contributed by atoms with van der Waals surface area (Å²) in [6.45, 7) is 11.6. The number of amides is 1. The zero-order chi connectivity index (χ0) is 22.0.